The number of hydrogen-bond donors (Lipinski definition) is 2. The van der Waals surface area contributed by atoms with Crippen molar-refractivity contribution in [2.24, 2.45) is 4.99 Å². The Morgan fingerprint density at radius 2 is 2.04 bits per heavy atom. The van der Waals surface area contributed by atoms with E-state index in [1.165, 1.54) is 0 Å². The van der Waals surface area contributed by atoms with Gasteiger partial charge in [0, 0.05) is 19.0 Å². The first-order valence-corrected chi connectivity index (χ1v) is 8.91. The molecule has 1 aromatic heterocycles. The average Bonchev–Trinajstić information content (AvgIpc) is 3.13. The number of hydrogen-bond acceptors (Lipinski definition) is 4. The smallest absolute Gasteiger partial charge is 0.434 e. The first-order valence-electron chi connectivity index (χ1n) is 8.03. The van der Waals surface area contributed by atoms with Crippen LogP contribution in [0.2, 0.25) is 0 Å². The largest absolute Gasteiger partial charge is 0.481 e. The second-order valence-corrected chi connectivity index (χ2v) is 6.31. The summed E-state index contributed by atoms with van der Waals surface area (Å²) in [6, 6.07) is 7.58. The SMILES string of the molecule is C#CCOc1ccc(CCNC(=NC)NCc2nc(C(F)(F)F)cs2)cc1. The molecule has 0 radical (unpaired) electrons. The predicted molar refractivity (Wildman–Crippen MR) is 99.8 cm³/mol. The fourth-order valence-corrected chi connectivity index (χ4v) is 2.85. The zero-order valence-corrected chi connectivity index (χ0v) is 15.5. The van der Waals surface area contributed by atoms with E-state index >= 15 is 0 Å². The fraction of sp³-hybridized carbons (Fsp3) is 0.333. The summed E-state index contributed by atoms with van der Waals surface area (Å²) >= 11 is 0.956. The van der Waals surface area contributed by atoms with Gasteiger partial charge in [0.05, 0.1) is 6.54 Å². The Kier molecular flexibility index (Phi) is 7.49. The summed E-state index contributed by atoms with van der Waals surface area (Å²) in [7, 11) is 1.59. The quantitative estimate of drug-likeness (QED) is 0.429. The summed E-state index contributed by atoms with van der Waals surface area (Å²) in [5, 5.41) is 7.40. The van der Waals surface area contributed by atoms with Crippen LogP contribution in [0.25, 0.3) is 0 Å². The molecule has 0 bridgehead atoms. The maximum Gasteiger partial charge on any atom is 0.434 e. The molecule has 144 valence electrons. The van der Waals surface area contributed by atoms with Gasteiger partial charge in [0.1, 0.15) is 17.4 Å². The van der Waals surface area contributed by atoms with E-state index in [-0.39, 0.29) is 13.2 Å². The highest BCUT2D eigenvalue weighted by molar-refractivity contribution is 7.09. The third-order valence-corrected chi connectivity index (χ3v) is 4.27. The molecule has 1 heterocycles. The summed E-state index contributed by atoms with van der Waals surface area (Å²) in [4.78, 5) is 7.62. The Morgan fingerprint density at radius 1 is 1.30 bits per heavy atom. The van der Waals surface area contributed by atoms with Gasteiger partial charge < -0.3 is 15.4 Å². The van der Waals surface area contributed by atoms with E-state index in [1.807, 2.05) is 24.3 Å². The third kappa shape index (κ3) is 6.83. The van der Waals surface area contributed by atoms with Crippen molar-refractivity contribution in [2.75, 3.05) is 20.2 Å². The van der Waals surface area contributed by atoms with Crippen LogP contribution in [0.15, 0.2) is 34.6 Å². The third-order valence-electron chi connectivity index (χ3n) is 3.42. The molecule has 0 saturated carbocycles. The normalized spacial score (nSPS) is 11.7. The van der Waals surface area contributed by atoms with Crippen molar-refractivity contribution in [1.82, 2.24) is 15.6 Å². The number of benzene rings is 1. The number of alkyl halides is 3. The molecular weight excluding hydrogens is 377 g/mol. The lowest BCUT2D eigenvalue weighted by molar-refractivity contribution is -0.140. The van der Waals surface area contributed by atoms with E-state index in [2.05, 4.69) is 26.5 Å². The highest BCUT2D eigenvalue weighted by Gasteiger charge is 2.33. The van der Waals surface area contributed by atoms with Crippen LogP contribution in [0.1, 0.15) is 16.3 Å². The molecule has 0 aliphatic carbocycles. The first-order chi connectivity index (χ1) is 12.9. The van der Waals surface area contributed by atoms with Gasteiger partial charge in [0.2, 0.25) is 0 Å². The predicted octanol–water partition coefficient (Wildman–Crippen LogP) is 3.08. The summed E-state index contributed by atoms with van der Waals surface area (Å²) < 4.78 is 43.0. The van der Waals surface area contributed by atoms with Crippen LogP contribution < -0.4 is 15.4 Å². The molecule has 0 unspecified atom stereocenters. The molecule has 2 N–H and O–H groups in total. The van der Waals surface area contributed by atoms with Gasteiger partial charge in [-0.2, -0.15) is 13.2 Å². The molecular formula is C18H19F3N4OS. The van der Waals surface area contributed by atoms with E-state index in [0.29, 0.717) is 23.3 Å². The molecule has 0 fully saturated rings. The topological polar surface area (TPSA) is 58.5 Å². The lowest BCUT2D eigenvalue weighted by atomic mass is 10.1. The standard InChI is InChI=1S/C18H19F3N4OS/c1-3-10-26-14-6-4-13(5-7-14)8-9-23-17(22-2)24-11-16-25-15(12-27-16)18(19,20)21/h1,4-7,12H,8-11H2,2H3,(H2,22,23,24). The Hall–Kier alpha value is -2.73. The van der Waals surface area contributed by atoms with Gasteiger partial charge in [-0.05, 0) is 24.1 Å². The van der Waals surface area contributed by atoms with Crippen molar-refractivity contribution in [3.05, 3.63) is 45.9 Å². The number of aromatic nitrogens is 1. The average molecular weight is 396 g/mol. The molecule has 0 aliphatic rings. The van der Waals surface area contributed by atoms with E-state index in [0.717, 1.165) is 28.7 Å². The number of thiazole rings is 1. The Morgan fingerprint density at radius 3 is 2.63 bits per heavy atom. The van der Waals surface area contributed by atoms with Gasteiger partial charge >= 0.3 is 6.18 Å². The van der Waals surface area contributed by atoms with Crippen LogP contribution in [0, 0.1) is 12.3 Å². The number of guanidine groups is 1. The van der Waals surface area contributed by atoms with Gasteiger partial charge in [-0.3, -0.25) is 4.99 Å². The maximum absolute atomic E-state index is 12.6. The second-order valence-electron chi connectivity index (χ2n) is 5.36. The number of nitrogens with one attached hydrogen (secondary N) is 2. The number of rotatable bonds is 7. The Labute approximate surface area is 159 Å². The van der Waals surface area contributed by atoms with Gasteiger partial charge in [0.15, 0.2) is 11.7 Å². The van der Waals surface area contributed by atoms with Crippen molar-refractivity contribution >= 4 is 17.3 Å². The number of terminal acetylenes is 1. The minimum Gasteiger partial charge on any atom is -0.481 e. The van der Waals surface area contributed by atoms with Crippen molar-refractivity contribution in [2.45, 2.75) is 19.1 Å². The van der Waals surface area contributed by atoms with Crippen LogP contribution in [0.3, 0.4) is 0 Å². The summed E-state index contributed by atoms with van der Waals surface area (Å²) in [6.45, 7) is 1.00. The minimum absolute atomic E-state index is 0.168. The summed E-state index contributed by atoms with van der Waals surface area (Å²) in [5.41, 5.74) is 0.225. The van der Waals surface area contributed by atoms with E-state index in [4.69, 9.17) is 11.2 Å². The highest BCUT2D eigenvalue weighted by atomic mass is 32.1. The lowest BCUT2D eigenvalue weighted by Crippen LogP contribution is -2.37. The summed E-state index contributed by atoms with van der Waals surface area (Å²) in [5.74, 6) is 3.61. The zero-order valence-electron chi connectivity index (χ0n) is 14.6. The molecule has 27 heavy (non-hydrogen) atoms. The monoisotopic (exact) mass is 396 g/mol. The zero-order chi connectivity index (χ0) is 19.7. The molecule has 0 spiro atoms. The van der Waals surface area contributed by atoms with E-state index < -0.39 is 11.9 Å². The van der Waals surface area contributed by atoms with Crippen LogP contribution >= 0.6 is 11.3 Å². The highest BCUT2D eigenvalue weighted by Crippen LogP contribution is 2.29. The van der Waals surface area contributed by atoms with Crippen molar-refractivity contribution in [3.63, 3.8) is 0 Å². The van der Waals surface area contributed by atoms with Gasteiger partial charge in [-0.15, -0.1) is 17.8 Å². The Balaban J connectivity index is 1.75. The van der Waals surface area contributed by atoms with Gasteiger partial charge in [0.25, 0.3) is 0 Å². The van der Waals surface area contributed by atoms with Crippen LogP contribution in [-0.2, 0) is 19.1 Å². The van der Waals surface area contributed by atoms with Crippen LogP contribution in [-0.4, -0.2) is 31.1 Å². The molecule has 9 heteroatoms. The van der Waals surface area contributed by atoms with E-state index in [9.17, 15) is 13.2 Å². The Bertz CT molecular complexity index is 794. The van der Waals surface area contributed by atoms with Crippen LogP contribution in [0.4, 0.5) is 13.2 Å². The number of nitrogens with zero attached hydrogens (tertiary/aromatic N) is 2. The van der Waals surface area contributed by atoms with Crippen molar-refractivity contribution in [1.29, 1.82) is 0 Å². The molecule has 0 saturated heterocycles. The number of aliphatic imine (C=N–C) groups is 1. The fourth-order valence-electron chi connectivity index (χ4n) is 2.10. The minimum atomic E-state index is -4.42. The van der Waals surface area contributed by atoms with Gasteiger partial charge in [-0.25, -0.2) is 4.98 Å². The number of halogens is 3. The molecule has 5 nitrogen and oxygen atoms in total. The summed E-state index contributed by atoms with van der Waals surface area (Å²) in [6.07, 6.45) is 1.46. The van der Waals surface area contributed by atoms with Crippen LogP contribution in [0.5, 0.6) is 5.75 Å². The molecule has 0 atom stereocenters. The van der Waals surface area contributed by atoms with Crippen molar-refractivity contribution in [3.8, 4) is 18.1 Å². The van der Waals surface area contributed by atoms with Crippen molar-refractivity contribution < 1.29 is 17.9 Å². The second kappa shape index (κ2) is 9.83. The lowest BCUT2D eigenvalue weighted by Gasteiger charge is -2.11. The molecule has 1 aromatic carbocycles. The molecule has 2 aromatic rings. The maximum atomic E-state index is 12.6. The molecule has 0 amide bonds. The van der Waals surface area contributed by atoms with E-state index in [1.54, 1.807) is 7.05 Å². The molecule has 0 aliphatic heterocycles. The number of ether oxygens (including phenoxy) is 1. The molecule has 2 rings (SSSR count). The van der Waals surface area contributed by atoms with Gasteiger partial charge in [-0.1, -0.05) is 18.1 Å². The first kappa shape index (κ1) is 20.6.